The van der Waals surface area contributed by atoms with Crippen molar-refractivity contribution in [2.45, 2.75) is 26.3 Å². The van der Waals surface area contributed by atoms with Gasteiger partial charge in [-0.1, -0.05) is 30.7 Å². The first-order valence-electron chi connectivity index (χ1n) is 6.36. The monoisotopic (exact) mass is 300 g/mol. The maximum absolute atomic E-state index is 6.11. The van der Waals surface area contributed by atoms with Crippen LogP contribution >= 0.6 is 23.8 Å². The summed E-state index contributed by atoms with van der Waals surface area (Å²) in [4.78, 5) is 2.63. The number of benzene rings is 1. The van der Waals surface area contributed by atoms with Crippen LogP contribution in [-0.2, 0) is 4.74 Å². The molecule has 0 fully saturated rings. The molecule has 0 aliphatic heterocycles. The fourth-order valence-corrected chi connectivity index (χ4v) is 2.28. The van der Waals surface area contributed by atoms with E-state index < -0.39 is 0 Å². The number of nitrogens with zero attached hydrogens (tertiary/aromatic N) is 1. The number of halogens is 1. The summed E-state index contributed by atoms with van der Waals surface area (Å²) in [6.45, 7) is 5.74. The van der Waals surface area contributed by atoms with Gasteiger partial charge in [-0.2, -0.15) is 0 Å². The zero-order chi connectivity index (χ0) is 14.4. The second-order valence-electron chi connectivity index (χ2n) is 4.47. The Morgan fingerprint density at radius 3 is 2.74 bits per heavy atom. The zero-order valence-electron chi connectivity index (χ0n) is 11.6. The van der Waals surface area contributed by atoms with Crippen molar-refractivity contribution in [2.75, 3.05) is 25.2 Å². The van der Waals surface area contributed by atoms with Crippen LogP contribution in [0.25, 0.3) is 0 Å². The van der Waals surface area contributed by atoms with Crippen molar-refractivity contribution in [2.24, 2.45) is 5.73 Å². The van der Waals surface area contributed by atoms with Crippen molar-refractivity contribution in [1.82, 2.24) is 0 Å². The average Bonchev–Trinajstić information content (AvgIpc) is 2.38. The summed E-state index contributed by atoms with van der Waals surface area (Å²) < 4.78 is 5.18. The predicted molar refractivity (Wildman–Crippen MR) is 86.3 cm³/mol. The average molecular weight is 301 g/mol. The maximum atomic E-state index is 6.11. The molecule has 0 heterocycles. The molecule has 5 heteroatoms. The van der Waals surface area contributed by atoms with Crippen LogP contribution in [0.3, 0.4) is 0 Å². The van der Waals surface area contributed by atoms with E-state index in [1.165, 1.54) is 0 Å². The minimum atomic E-state index is 0.363. The van der Waals surface area contributed by atoms with Crippen LogP contribution in [0.5, 0.6) is 0 Å². The standard InChI is InChI=1S/C14H21ClN2OS/c1-4-10(2)17(7-8-18-3)13-9-11(15)5-6-12(13)14(16)19/h5-6,9-10H,4,7-8H2,1-3H3,(H2,16,19). The molecule has 106 valence electrons. The van der Waals surface area contributed by atoms with Gasteiger partial charge in [0.2, 0.25) is 0 Å². The minimum Gasteiger partial charge on any atom is -0.389 e. The lowest BCUT2D eigenvalue weighted by Crippen LogP contribution is -2.36. The first-order chi connectivity index (χ1) is 9.01. The SMILES string of the molecule is CCC(C)N(CCOC)c1cc(Cl)ccc1C(N)=S. The van der Waals surface area contributed by atoms with Crippen LogP contribution in [-0.4, -0.2) is 31.3 Å². The molecule has 1 rings (SSSR count). The Labute approximate surface area is 125 Å². The Kier molecular flexibility index (Phi) is 6.55. The van der Waals surface area contributed by atoms with E-state index in [1.807, 2.05) is 18.2 Å². The molecule has 3 nitrogen and oxygen atoms in total. The molecule has 0 saturated carbocycles. The quantitative estimate of drug-likeness (QED) is 0.785. The number of methoxy groups -OCH3 is 1. The Morgan fingerprint density at radius 1 is 1.53 bits per heavy atom. The summed E-state index contributed by atoms with van der Waals surface area (Å²) in [5, 5.41) is 0.681. The maximum Gasteiger partial charge on any atom is 0.106 e. The highest BCUT2D eigenvalue weighted by molar-refractivity contribution is 7.80. The molecule has 1 atom stereocenters. The third kappa shape index (κ3) is 4.34. The molecule has 0 saturated heterocycles. The minimum absolute atomic E-state index is 0.363. The van der Waals surface area contributed by atoms with E-state index in [1.54, 1.807) is 7.11 Å². The summed E-state index contributed by atoms with van der Waals surface area (Å²) in [6.07, 6.45) is 1.02. The van der Waals surface area contributed by atoms with Crippen molar-refractivity contribution < 1.29 is 4.74 Å². The van der Waals surface area contributed by atoms with Gasteiger partial charge in [0.25, 0.3) is 0 Å². The number of nitrogens with two attached hydrogens (primary N) is 1. The van der Waals surface area contributed by atoms with Gasteiger partial charge >= 0.3 is 0 Å². The molecule has 0 bridgehead atoms. The van der Waals surface area contributed by atoms with Crippen molar-refractivity contribution >= 4 is 34.5 Å². The van der Waals surface area contributed by atoms with E-state index in [0.29, 0.717) is 22.7 Å². The molecule has 0 radical (unpaired) electrons. The predicted octanol–water partition coefficient (Wildman–Crippen LogP) is 3.23. The third-order valence-corrected chi connectivity index (χ3v) is 3.65. The summed E-state index contributed by atoms with van der Waals surface area (Å²) >= 11 is 11.2. The second kappa shape index (κ2) is 7.68. The Hall–Kier alpha value is -0.840. The van der Waals surface area contributed by atoms with Gasteiger partial charge < -0.3 is 15.4 Å². The summed E-state index contributed by atoms with van der Waals surface area (Å²) in [5.74, 6) is 0. The van der Waals surface area contributed by atoms with Crippen LogP contribution in [0.15, 0.2) is 18.2 Å². The first kappa shape index (κ1) is 16.2. The Balaban J connectivity index is 3.19. The van der Waals surface area contributed by atoms with Gasteiger partial charge in [0, 0.05) is 36.0 Å². The van der Waals surface area contributed by atoms with E-state index in [0.717, 1.165) is 24.2 Å². The highest BCUT2D eigenvalue weighted by Gasteiger charge is 2.17. The van der Waals surface area contributed by atoms with Crippen LogP contribution in [0, 0.1) is 0 Å². The fraction of sp³-hybridized carbons (Fsp3) is 0.500. The van der Waals surface area contributed by atoms with Crippen molar-refractivity contribution in [3.63, 3.8) is 0 Å². The summed E-state index contributed by atoms with van der Waals surface area (Å²) in [7, 11) is 1.70. The molecule has 2 N–H and O–H groups in total. The molecule has 0 spiro atoms. The topological polar surface area (TPSA) is 38.5 Å². The van der Waals surface area contributed by atoms with Crippen molar-refractivity contribution in [3.05, 3.63) is 28.8 Å². The lowest BCUT2D eigenvalue weighted by molar-refractivity contribution is 0.203. The van der Waals surface area contributed by atoms with E-state index >= 15 is 0 Å². The molecule has 0 amide bonds. The van der Waals surface area contributed by atoms with Gasteiger partial charge in [-0.3, -0.25) is 0 Å². The smallest absolute Gasteiger partial charge is 0.106 e. The largest absolute Gasteiger partial charge is 0.389 e. The van der Waals surface area contributed by atoms with E-state index in [9.17, 15) is 0 Å². The lowest BCUT2D eigenvalue weighted by Gasteiger charge is -2.32. The normalized spacial score (nSPS) is 12.2. The molecular weight excluding hydrogens is 280 g/mol. The Bertz CT molecular complexity index is 439. The van der Waals surface area contributed by atoms with Crippen molar-refractivity contribution in [3.8, 4) is 0 Å². The number of ether oxygens (including phenoxy) is 1. The van der Waals surface area contributed by atoms with Gasteiger partial charge in [0.15, 0.2) is 0 Å². The Morgan fingerprint density at radius 2 is 2.21 bits per heavy atom. The number of hydrogen-bond donors (Lipinski definition) is 1. The number of thiocarbonyl (C=S) groups is 1. The summed E-state index contributed by atoms with van der Waals surface area (Å²) in [5.41, 5.74) is 7.64. The fourth-order valence-electron chi connectivity index (χ4n) is 1.94. The van der Waals surface area contributed by atoms with E-state index in [2.05, 4.69) is 18.7 Å². The van der Waals surface area contributed by atoms with Crippen LogP contribution < -0.4 is 10.6 Å². The van der Waals surface area contributed by atoms with Crippen LogP contribution in [0.1, 0.15) is 25.8 Å². The van der Waals surface area contributed by atoms with Gasteiger partial charge in [-0.25, -0.2) is 0 Å². The molecule has 1 aromatic carbocycles. The van der Waals surface area contributed by atoms with Gasteiger partial charge in [-0.05, 0) is 31.5 Å². The molecule has 1 aromatic rings. The highest BCUT2D eigenvalue weighted by atomic mass is 35.5. The molecule has 0 aliphatic carbocycles. The van der Waals surface area contributed by atoms with Crippen molar-refractivity contribution in [1.29, 1.82) is 0 Å². The molecule has 19 heavy (non-hydrogen) atoms. The lowest BCUT2D eigenvalue weighted by atomic mass is 10.1. The first-order valence-corrected chi connectivity index (χ1v) is 7.14. The molecule has 1 unspecified atom stereocenters. The van der Waals surface area contributed by atoms with Gasteiger partial charge in [0.1, 0.15) is 4.99 Å². The second-order valence-corrected chi connectivity index (χ2v) is 5.35. The molecule has 0 aromatic heterocycles. The molecule has 0 aliphatic rings. The number of rotatable bonds is 7. The van der Waals surface area contributed by atoms with E-state index in [4.69, 9.17) is 34.3 Å². The number of hydrogen-bond acceptors (Lipinski definition) is 3. The van der Waals surface area contributed by atoms with Crippen LogP contribution in [0.4, 0.5) is 5.69 Å². The van der Waals surface area contributed by atoms with Crippen LogP contribution in [0.2, 0.25) is 5.02 Å². The zero-order valence-corrected chi connectivity index (χ0v) is 13.2. The van der Waals surface area contributed by atoms with E-state index in [-0.39, 0.29) is 0 Å². The highest BCUT2D eigenvalue weighted by Crippen LogP contribution is 2.27. The third-order valence-electron chi connectivity index (χ3n) is 3.19. The number of anilines is 1. The summed E-state index contributed by atoms with van der Waals surface area (Å²) in [6, 6.07) is 5.96. The molecular formula is C14H21ClN2OS. The van der Waals surface area contributed by atoms with Gasteiger partial charge in [-0.15, -0.1) is 0 Å². The van der Waals surface area contributed by atoms with Gasteiger partial charge in [0.05, 0.1) is 6.61 Å².